The highest BCUT2D eigenvalue weighted by Gasteiger charge is 2.38. The molecule has 0 N–H and O–H groups in total. The average molecular weight is 393 g/mol. The first-order chi connectivity index (χ1) is 13.9. The van der Waals surface area contributed by atoms with Gasteiger partial charge in [-0.2, -0.15) is 5.10 Å². The number of hydrogen-bond acceptors (Lipinski definition) is 5. The van der Waals surface area contributed by atoms with Crippen molar-refractivity contribution < 1.29 is 23.6 Å². The Hall–Kier alpha value is -3.81. The molecule has 2 heterocycles. The summed E-state index contributed by atoms with van der Waals surface area (Å²) >= 11 is 0. The number of carbonyl (C=O) groups excluding carboxylic acids is 3. The van der Waals surface area contributed by atoms with Gasteiger partial charge in [-0.3, -0.25) is 9.59 Å². The molecular weight excluding hydrogens is 377 g/mol. The Morgan fingerprint density at radius 1 is 1.00 bits per heavy atom. The van der Waals surface area contributed by atoms with Crippen LogP contribution in [-0.4, -0.2) is 32.6 Å². The summed E-state index contributed by atoms with van der Waals surface area (Å²) in [7, 11) is 0. The number of benzene rings is 2. The monoisotopic (exact) mass is 393 g/mol. The lowest BCUT2D eigenvalue weighted by Crippen LogP contribution is -2.33. The smallest absolute Gasteiger partial charge is 0.329 e. The van der Waals surface area contributed by atoms with Crippen molar-refractivity contribution in [3.05, 3.63) is 82.4 Å². The fraction of sp³-hybridized carbons (Fsp3) is 0.143. The highest BCUT2D eigenvalue weighted by molar-refractivity contribution is 6.20. The van der Waals surface area contributed by atoms with Crippen LogP contribution in [0.4, 0.5) is 4.39 Å². The molecule has 0 radical (unpaired) electrons. The van der Waals surface area contributed by atoms with Crippen LogP contribution in [0.25, 0.3) is 5.69 Å². The average Bonchev–Trinajstić information content (AvgIpc) is 3.12. The summed E-state index contributed by atoms with van der Waals surface area (Å²) in [6.07, 6.45) is -0.174. The molecule has 146 valence electrons. The molecule has 29 heavy (non-hydrogen) atoms. The van der Waals surface area contributed by atoms with Crippen LogP contribution in [0.1, 0.15) is 37.7 Å². The van der Waals surface area contributed by atoms with Crippen LogP contribution in [0.15, 0.2) is 48.5 Å². The van der Waals surface area contributed by atoms with Crippen LogP contribution in [0.5, 0.6) is 0 Å². The molecule has 1 aromatic heterocycles. The zero-order chi connectivity index (χ0) is 20.7. The number of fused-ring (bicyclic) bond motifs is 1. The highest BCUT2D eigenvalue weighted by Crippen LogP contribution is 2.24. The maximum absolute atomic E-state index is 13.2. The third kappa shape index (κ3) is 3.18. The molecule has 1 aliphatic heterocycles. The van der Waals surface area contributed by atoms with Crippen molar-refractivity contribution in [3.63, 3.8) is 0 Å². The van der Waals surface area contributed by atoms with Crippen molar-refractivity contribution >= 4 is 17.8 Å². The summed E-state index contributed by atoms with van der Waals surface area (Å²) in [5.74, 6) is -2.46. The van der Waals surface area contributed by atoms with E-state index in [9.17, 15) is 18.8 Å². The normalized spacial score (nSPS) is 13.0. The van der Waals surface area contributed by atoms with Crippen molar-refractivity contribution in [2.24, 2.45) is 0 Å². The van der Waals surface area contributed by atoms with Crippen LogP contribution in [0, 0.1) is 19.7 Å². The number of carbonyl (C=O) groups is 3. The third-order valence-corrected chi connectivity index (χ3v) is 4.78. The van der Waals surface area contributed by atoms with Crippen molar-refractivity contribution in [1.29, 1.82) is 0 Å². The zero-order valence-corrected chi connectivity index (χ0v) is 15.7. The molecule has 2 aromatic carbocycles. The van der Waals surface area contributed by atoms with E-state index in [1.165, 1.54) is 24.3 Å². The predicted octanol–water partition coefficient (Wildman–Crippen LogP) is 2.93. The van der Waals surface area contributed by atoms with Gasteiger partial charge in [-0.15, -0.1) is 0 Å². The van der Waals surface area contributed by atoms with Gasteiger partial charge in [0.15, 0.2) is 0 Å². The lowest BCUT2D eigenvalue weighted by molar-refractivity contribution is -0.167. The Labute approximate surface area is 165 Å². The topological polar surface area (TPSA) is 81.5 Å². The molecule has 0 atom stereocenters. The molecule has 4 rings (SSSR count). The molecule has 8 heteroatoms. The largest absolute Gasteiger partial charge is 0.337 e. The molecule has 0 saturated carbocycles. The Kier molecular flexibility index (Phi) is 4.46. The molecule has 0 spiro atoms. The van der Waals surface area contributed by atoms with Gasteiger partial charge in [0, 0.05) is 11.3 Å². The van der Waals surface area contributed by atoms with Gasteiger partial charge in [0.1, 0.15) is 5.82 Å². The van der Waals surface area contributed by atoms with E-state index in [1.54, 1.807) is 42.8 Å². The SMILES string of the molecule is Cc1nn(-c2ccc(F)cc2)c(C)c1CC(=O)ON1C(=O)c2ccccc2C1=O. The quantitative estimate of drug-likeness (QED) is 0.637. The molecule has 2 amide bonds. The van der Waals surface area contributed by atoms with Gasteiger partial charge in [0.25, 0.3) is 11.8 Å². The Morgan fingerprint density at radius 3 is 2.17 bits per heavy atom. The van der Waals surface area contributed by atoms with E-state index in [0.29, 0.717) is 27.7 Å². The number of rotatable bonds is 4. The minimum atomic E-state index is -0.760. The number of halogens is 1. The van der Waals surface area contributed by atoms with Crippen LogP contribution < -0.4 is 0 Å². The number of hydrogen-bond donors (Lipinski definition) is 0. The standard InChI is InChI=1S/C21H16FN3O4/c1-12-18(13(2)24(23-12)15-9-7-14(22)8-10-15)11-19(26)29-25-20(27)16-5-3-4-6-17(16)21(25)28/h3-10H,11H2,1-2H3. The van der Waals surface area contributed by atoms with Gasteiger partial charge < -0.3 is 4.84 Å². The lowest BCUT2D eigenvalue weighted by atomic mass is 10.1. The van der Waals surface area contributed by atoms with Crippen molar-refractivity contribution in [3.8, 4) is 5.69 Å². The second-order valence-corrected chi connectivity index (χ2v) is 6.63. The predicted molar refractivity (Wildman–Crippen MR) is 99.7 cm³/mol. The fourth-order valence-corrected chi connectivity index (χ4v) is 3.29. The summed E-state index contributed by atoms with van der Waals surface area (Å²) in [5, 5.41) is 4.88. The number of hydroxylamine groups is 2. The van der Waals surface area contributed by atoms with Crippen LogP contribution in [-0.2, 0) is 16.1 Å². The molecule has 0 saturated heterocycles. The number of imide groups is 1. The van der Waals surface area contributed by atoms with Crippen molar-refractivity contribution in [2.75, 3.05) is 0 Å². The second kappa shape index (κ2) is 6.97. The summed E-state index contributed by atoms with van der Waals surface area (Å²) < 4.78 is 14.8. The van der Waals surface area contributed by atoms with Gasteiger partial charge in [-0.25, -0.2) is 13.9 Å². The molecule has 0 aliphatic carbocycles. The number of nitrogens with zero attached hydrogens (tertiary/aromatic N) is 3. The van der Waals surface area contributed by atoms with E-state index in [-0.39, 0.29) is 23.4 Å². The van der Waals surface area contributed by atoms with Gasteiger partial charge >= 0.3 is 5.97 Å². The maximum Gasteiger partial charge on any atom is 0.337 e. The van der Waals surface area contributed by atoms with Crippen molar-refractivity contribution in [1.82, 2.24) is 14.8 Å². The fourth-order valence-electron chi connectivity index (χ4n) is 3.29. The van der Waals surface area contributed by atoms with Crippen LogP contribution in [0.3, 0.4) is 0 Å². The Morgan fingerprint density at radius 2 is 1.59 bits per heavy atom. The van der Waals surface area contributed by atoms with E-state index in [4.69, 9.17) is 4.84 Å². The van der Waals surface area contributed by atoms with E-state index < -0.39 is 17.8 Å². The van der Waals surface area contributed by atoms with Gasteiger partial charge in [-0.05, 0) is 50.2 Å². The zero-order valence-electron chi connectivity index (χ0n) is 15.7. The molecule has 1 aliphatic rings. The third-order valence-electron chi connectivity index (χ3n) is 4.78. The minimum Gasteiger partial charge on any atom is -0.329 e. The number of aromatic nitrogens is 2. The van der Waals surface area contributed by atoms with Crippen molar-refractivity contribution in [2.45, 2.75) is 20.3 Å². The van der Waals surface area contributed by atoms with Gasteiger partial charge in [0.2, 0.25) is 0 Å². The Bertz CT molecular complexity index is 1120. The number of aryl methyl sites for hydroxylation is 1. The first-order valence-corrected chi connectivity index (χ1v) is 8.86. The molecular formula is C21H16FN3O4. The summed E-state index contributed by atoms with van der Waals surface area (Å²) in [6, 6.07) is 12.1. The molecule has 7 nitrogen and oxygen atoms in total. The second-order valence-electron chi connectivity index (χ2n) is 6.63. The van der Waals surface area contributed by atoms with Crippen LogP contribution in [0.2, 0.25) is 0 Å². The Balaban J connectivity index is 1.53. The highest BCUT2D eigenvalue weighted by atomic mass is 19.1. The van der Waals surface area contributed by atoms with E-state index in [0.717, 1.165) is 0 Å². The molecule has 0 unspecified atom stereocenters. The van der Waals surface area contributed by atoms with E-state index in [1.807, 2.05) is 0 Å². The molecule has 0 bridgehead atoms. The lowest BCUT2D eigenvalue weighted by Gasteiger charge is -2.12. The van der Waals surface area contributed by atoms with Crippen LogP contribution >= 0.6 is 0 Å². The van der Waals surface area contributed by atoms with Gasteiger partial charge in [-0.1, -0.05) is 17.2 Å². The first-order valence-electron chi connectivity index (χ1n) is 8.86. The summed E-state index contributed by atoms with van der Waals surface area (Å²) in [4.78, 5) is 42.2. The number of amides is 2. The maximum atomic E-state index is 13.2. The first kappa shape index (κ1) is 18.5. The van der Waals surface area contributed by atoms with E-state index >= 15 is 0 Å². The van der Waals surface area contributed by atoms with E-state index in [2.05, 4.69) is 5.10 Å². The summed E-state index contributed by atoms with van der Waals surface area (Å²) in [5.41, 5.74) is 2.91. The van der Waals surface area contributed by atoms with Gasteiger partial charge in [0.05, 0.1) is 28.9 Å². The molecule has 0 fully saturated rings. The minimum absolute atomic E-state index is 0.174. The summed E-state index contributed by atoms with van der Waals surface area (Å²) in [6.45, 7) is 3.51. The molecule has 3 aromatic rings.